The van der Waals surface area contributed by atoms with E-state index in [0.717, 1.165) is 17.4 Å². The SMILES string of the molecule is N[C@H](c1ccc(Br)s1)C(F)(F)C(F)(F)F. The lowest BCUT2D eigenvalue weighted by Crippen LogP contribution is -2.45. The molecule has 1 rings (SSSR count). The third-order valence-electron chi connectivity index (χ3n) is 1.67. The van der Waals surface area contributed by atoms with Crippen LogP contribution in [0.15, 0.2) is 15.9 Å². The lowest BCUT2D eigenvalue weighted by molar-refractivity contribution is -0.290. The largest absolute Gasteiger partial charge is 0.455 e. The highest BCUT2D eigenvalue weighted by Gasteiger charge is 2.62. The third kappa shape index (κ3) is 2.48. The van der Waals surface area contributed by atoms with E-state index in [-0.39, 0.29) is 4.88 Å². The molecule has 2 N–H and O–H groups in total. The number of nitrogens with two attached hydrogens (primary N) is 1. The topological polar surface area (TPSA) is 26.0 Å². The second-order valence-corrected chi connectivity index (χ2v) is 5.23. The summed E-state index contributed by atoms with van der Waals surface area (Å²) in [5.74, 6) is -4.92. The van der Waals surface area contributed by atoms with Crippen molar-refractivity contribution in [3.05, 3.63) is 20.8 Å². The van der Waals surface area contributed by atoms with Gasteiger partial charge in [-0.25, -0.2) is 0 Å². The van der Waals surface area contributed by atoms with Crippen molar-refractivity contribution in [3.63, 3.8) is 0 Å². The summed E-state index contributed by atoms with van der Waals surface area (Å²) in [6.07, 6.45) is -5.64. The van der Waals surface area contributed by atoms with E-state index >= 15 is 0 Å². The number of halogens is 6. The van der Waals surface area contributed by atoms with Gasteiger partial charge in [-0.2, -0.15) is 22.0 Å². The molecule has 15 heavy (non-hydrogen) atoms. The molecule has 0 saturated carbocycles. The molecule has 0 bridgehead atoms. The monoisotopic (exact) mass is 309 g/mol. The quantitative estimate of drug-likeness (QED) is 0.828. The molecule has 0 aliphatic rings. The van der Waals surface area contributed by atoms with Gasteiger partial charge in [0.05, 0.1) is 3.79 Å². The highest BCUT2D eigenvalue weighted by molar-refractivity contribution is 9.11. The minimum Gasteiger partial charge on any atom is -0.318 e. The predicted molar refractivity (Wildman–Crippen MR) is 49.9 cm³/mol. The molecule has 0 aliphatic carbocycles. The first-order valence-corrected chi connectivity index (χ1v) is 5.22. The molecular formula is C7H5BrF5NS. The Hall–Kier alpha value is -0.210. The Morgan fingerprint density at radius 2 is 1.73 bits per heavy atom. The molecule has 0 amide bonds. The van der Waals surface area contributed by atoms with Crippen LogP contribution in [0.5, 0.6) is 0 Å². The summed E-state index contributed by atoms with van der Waals surface area (Å²) in [4.78, 5) is -0.218. The number of alkyl halides is 5. The van der Waals surface area contributed by atoms with Crippen LogP contribution >= 0.6 is 27.3 Å². The summed E-state index contributed by atoms with van der Waals surface area (Å²) in [5.41, 5.74) is 4.89. The van der Waals surface area contributed by atoms with Crippen LogP contribution in [0.1, 0.15) is 10.9 Å². The Morgan fingerprint density at radius 3 is 2.07 bits per heavy atom. The first-order valence-electron chi connectivity index (χ1n) is 3.61. The summed E-state index contributed by atoms with van der Waals surface area (Å²) in [5, 5.41) is 0. The molecular weight excluding hydrogens is 305 g/mol. The van der Waals surface area contributed by atoms with E-state index in [1.165, 1.54) is 6.07 Å². The van der Waals surface area contributed by atoms with Crippen LogP contribution in [0.3, 0.4) is 0 Å². The van der Waals surface area contributed by atoms with Gasteiger partial charge in [-0.1, -0.05) is 0 Å². The minimum atomic E-state index is -5.64. The molecule has 1 heterocycles. The van der Waals surface area contributed by atoms with E-state index in [1.807, 2.05) is 0 Å². The summed E-state index contributed by atoms with van der Waals surface area (Å²) in [6.45, 7) is 0. The Bertz CT molecular complexity index is 347. The van der Waals surface area contributed by atoms with E-state index in [1.54, 1.807) is 0 Å². The minimum absolute atomic E-state index is 0.218. The van der Waals surface area contributed by atoms with E-state index in [0.29, 0.717) is 3.79 Å². The van der Waals surface area contributed by atoms with Gasteiger partial charge in [-0.3, -0.25) is 0 Å². The van der Waals surface area contributed by atoms with Crippen LogP contribution in [0, 0.1) is 0 Å². The van der Waals surface area contributed by atoms with Gasteiger partial charge < -0.3 is 5.73 Å². The average Bonchev–Trinajstić information content (AvgIpc) is 2.48. The highest BCUT2D eigenvalue weighted by atomic mass is 79.9. The van der Waals surface area contributed by atoms with Crippen LogP contribution < -0.4 is 5.73 Å². The molecule has 8 heteroatoms. The summed E-state index contributed by atoms with van der Waals surface area (Å²) >= 11 is 3.70. The van der Waals surface area contributed by atoms with E-state index in [2.05, 4.69) is 15.9 Å². The average molecular weight is 310 g/mol. The fourth-order valence-corrected chi connectivity index (χ4v) is 2.32. The zero-order valence-electron chi connectivity index (χ0n) is 6.99. The van der Waals surface area contributed by atoms with Crippen LogP contribution in [-0.4, -0.2) is 12.1 Å². The molecule has 0 spiro atoms. The number of hydrogen-bond acceptors (Lipinski definition) is 2. The molecule has 0 saturated heterocycles. The molecule has 0 radical (unpaired) electrons. The van der Waals surface area contributed by atoms with E-state index < -0.39 is 18.1 Å². The Kier molecular flexibility index (Phi) is 3.42. The fourth-order valence-electron chi connectivity index (χ4n) is 0.850. The van der Waals surface area contributed by atoms with Crippen LogP contribution in [-0.2, 0) is 0 Å². The number of hydrogen-bond donors (Lipinski definition) is 1. The van der Waals surface area contributed by atoms with Gasteiger partial charge in [0.15, 0.2) is 0 Å². The molecule has 1 aromatic rings. The normalized spacial score (nSPS) is 15.4. The zero-order chi connectivity index (χ0) is 11.9. The van der Waals surface area contributed by atoms with Crippen molar-refractivity contribution in [2.24, 2.45) is 5.73 Å². The molecule has 0 aromatic carbocycles. The van der Waals surface area contributed by atoms with Crippen LogP contribution in [0.4, 0.5) is 22.0 Å². The van der Waals surface area contributed by atoms with Crippen molar-refractivity contribution >= 4 is 27.3 Å². The van der Waals surface area contributed by atoms with Crippen molar-refractivity contribution in [2.45, 2.75) is 18.1 Å². The van der Waals surface area contributed by atoms with E-state index in [9.17, 15) is 22.0 Å². The smallest absolute Gasteiger partial charge is 0.318 e. The first-order chi connectivity index (χ1) is 6.66. The Balaban J connectivity index is 2.99. The van der Waals surface area contributed by atoms with Crippen molar-refractivity contribution < 1.29 is 22.0 Å². The van der Waals surface area contributed by atoms with Crippen molar-refractivity contribution in [1.29, 1.82) is 0 Å². The second kappa shape index (κ2) is 3.99. The van der Waals surface area contributed by atoms with Gasteiger partial charge in [0.1, 0.15) is 6.04 Å². The van der Waals surface area contributed by atoms with Gasteiger partial charge in [-0.05, 0) is 28.1 Å². The standard InChI is InChI=1S/C7H5BrF5NS/c8-4-2-1-3(15-4)5(14)6(9,10)7(11,12)13/h1-2,5H,14H2/t5-/m1/s1. The lowest BCUT2D eigenvalue weighted by atomic mass is 10.1. The maximum Gasteiger partial charge on any atom is 0.455 e. The highest BCUT2D eigenvalue weighted by Crippen LogP contribution is 2.45. The molecule has 0 unspecified atom stereocenters. The summed E-state index contributed by atoms with van der Waals surface area (Å²) < 4.78 is 61.8. The van der Waals surface area contributed by atoms with Crippen LogP contribution in [0.2, 0.25) is 0 Å². The Labute approximate surface area is 94.2 Å². The Morgan fingerprint density at radius 1 is 1.20 bits per heavy atom. The summed E-state index contributed by atoms with van der Waals surface area (Å²) in [6, 6.07) is 0.138. The van der Waals surface area contributed by atoms with Gasteiger partial charge in [-0.15, -0.1) is 11.3 Å². The lowest BCUT2D eigenvalue weighted by Gasteiger charge is -2.24. The second-order valence-electron chi connectivity index (χ2n) is 2.74. The third-order valence-corrected chi connectivity index (χ3v) is 3.38. The van der Waals surface area contributed by atoms with Gasteiger partial charge in [0.2, 0.25) is 0 Å². The molecule has 86 valence electrons. The maximum absolute atomic E-state index is 12.8. The molecule has 1 aromatic heterocycles. The predicted octanol–water partition coefficient (Wildman–Crippen LogP) is 3.71. The molecule has 0 aliphatic heterocycles. The van der Waals surface area contributed by atoms with Crippen molar-refractivity contribution in [3.8, 4) is 0 Å². The molecule has 1 nitrogen and oxygen atoms in total. The fraction of sp³-hybridized carbons (Fsp3) is 0.429. The number of thiophene rings is 1. The van der Waals surface area contributed by atoms with Gasteiger partial charge in [0.25, 0.3) is 0 Å². The van der Waals surface area contributed by atoms with E-state index in [4.69, 9.17) is 5.73 Å². The van der Waals surface area contributed by atoms with Crippen molar-refractivity contribution in [2.75, 3.05) is 0 Å². The van der Waals surface area contributed by atoms with Crippen molar-refractivity contribution in [1.82, 2.24) is 0 Å². The summed E-state index contributed by atoms with van der Waals surface area (Å²) in [7, 11) is 0. The first kappa shape index (κ1) is 12.9. The zero-order valence-corrected chi connectivity index (χ0v) is 9.39. The number of rotatable bonds is 2. The molecule has 0 fully saturated rings. The maximum atomic E-state index is 12.8. The van der Waals surface area contributed by atoms with Gasteiger partial charge in [0, 0.05) is 4.88 Å². The van der Waals surface area contributed by atoms with Gasteiger partial charge >= 0.3 is 12.1 Å². The molecule has 1 atom stereocenters. The van der Waals surface area contributed by atoms with Crippen LogP contribution in [0.25, 0.3) is 0 Å².